The van der Waals surface area contributed by atoms with Gasteiger partial charge in [-0.1, -0.05) is 32.8 Å². The molecule has 34 heavy (non-hydrogen) atoms. The number of hydrogen-bond acceptors (Lipinski definition) is 7. The second kappa shape index (κ2) is 11.9. The summed E-state index contributed by atoms with van der Waals surface area (Å²) in [7, 11) is -3.87. The van der Waals surface area contributed by atoms with Crippen LogP contribution in [-0.4, -0.2) is 98.5 Å². The van der Waals surface area contributed by atoms with Crippen molar-refractivity contribution in [3.8, 4) is 0 Å². The van der Waals surface area contributed by atoms with Gasteiger partial charge in [0.15, 0.2) is 0 Å². The zero-order valence-corrected chi connectivity index (χ0v) is 20.7. The number of carbonyl (C=O) groups excluding carboxylic acids is 1. The van der Waals surface area contributed by atoms with E-state index in [-0.39, 0.29) is 48.8 Å². The lowest BCUT2D eigenvalue weighted by molar-refractivity contribution is -0.385. The van der Waals surface area contributed by atoms with Crippen LogP contribution >= 0.6 is 0 Å². The smallest absolute Gasteiger partial charge is 0.317 e. The van der Waals surface area contributed by atoms with Gasteiger partial charge in [-0.2, -0.15) is 4.31 Å². The zero-order chi connectivity index (χ0) is 24.7. The second-order valence-corrected chi connectivity index (χ2v) is 10.6. The summed E-state index contributed by atoms with van der Waals surface area (Å²) in [6, 6.07) is 5.07. The molecule has 1 aromatic carbocycles. The molecule has 0 radical (unpaired) electrons. The second-order valence-electron chi connectivity index (χ2n) is 8.62. The van der Waals surface area contributed by atoms with E-state index in [9.17, 15) is 23.3 Å². The molecule has 12 heteroatoms. The quantitative estimate of drug-likeness (QED) is 0.407. The van der Waals surface area contributed by atoms with Crippen LogP contribution in [0.25, 0.3) is 0 Å². The molecular formula is C22H35N5O6S. The van der Waals surface area contributed by atoms with Crippen molar-refractivity contribution in [3.63, 3.8) is 0 Å². The predicted molar refractivity (Wildman–Crippen MR) is 127 cm³/mol. The average Bonchev–Trinajstić information content (AvgIpc) is 2.87. The molecular weight excluding hydrogens is 462 g/mol. The van der Waals surface area contributed by atoms with Gasteiger partial charge >= 0.3 is 6.03 Å². The largest absolute Gasteiger partial charge is 0.379 e. The molecule has 1 unspecified atom stereocenters. The number of morpholine rings is 1. The molecule has 0 bridgehead atoms. The van der Waals surface area contributed by atoms with E-state index in [0.717, 1.165) is 32.0 Å². The number of nitro groups is 1. The van der Waals surface area contributed by atoms with Crippen molar-refractivity contribution in [2.24, 2.45) is 5.92 Å². The Labute approximate surface area is 201 Å². The number of benzene rings is 1. The van der Waals surface area contributed by atoms with Crippen LogP contribution < -0.4 is 5.32 Å². The summed E-state index contributed by atoms with van der Waals surface area (Å²) in [6.45, 7) is 8.77. The summed E-state index contributed by atoms with van der Waals surface area (Å²) < 4.78 is 32.6. The Morgan fingerprint density at radius 3 is 2.35 bits per heavy atom. The summed E-state index contributed by atoms with van der Waals surface area (Å²) in [4.78, 5) is 27.2. The van der Waals surface area contributed by atoms with Crippen molar-refractivity contribution in [1.29, 1.82) is 0 Å². The van der Waals surface area contributed by atoms with E-state index < -0.39 is 14.9 Å². The van der Waals surface area contributed by atoms with Crippen molar-refractivity contribution in [2.75, 3.05) is 59.0 Å². The molecule has 2 aliphatic rings. The highest BCUT2D eigenvalue weighted by Gasteiger charge is 2.32. The Morgan fingerprint density at radius 2 is 1.76 bits per heavy atom. The molecule has 2 heterocycles. The molecule has 2 amide bonds. The van der Waals surface area contributed by atoms with Crippen LogP contribution in [0.1, 0.15) is 26.7 Å². The van der Waals surface area contributed by atoms with Crippen LogP contribution in [0, 0.1) is 16.0 Å². The Balaban J connectivity index is 1.57. The maximum absolute atomic E-state index is 12.9. The first-order valence-corrected chi connectivity index (χ1v) is 13.3. The number of carbonyl (C=O) groups is 1. The SMILES string of the molecule is CCC(CC)C(CNC(=O)N1CCN(S(=O)(=O)c2cccc([N+](=O)[O-])c2)CC1)N1CCOCC1. The summed E-state index contributed by atoms with van der Waals surface area (Å²) in [5, 5.41) is 14.1. The Kier molecular flexibility index (Phi) is 9.23. The fraction of sp³-hybridized carbons (Fsp3) is 0.682. The molecule has 1 N–H and O–H groups in total. The number of nitrogens with zero attached hydrogens (tertiary/aromatic N) is 4. The van der Waals surface area contributed by atoms with Gasteiger partial charge in [0.2, 0.25) is 10.0 Å². The molecule has 1 atom stereocenters. The number of rotatable bonds is 9. The van der Waals surface area contributed by atoms with Crippen LogP contribution in [0.2, 0.25) is 0 Å². The third kappa shape index (κ3) is 6.23. The number of amides is 2. The highest BCUT2D eigenvalue weighted by molar-refractivity contribution is 7.89. The first kappa shape index (κ1) is 26.3. The topological polar surface area (TPSA) is 125 Å². The summed E-state index contributed by atoms with van der Waals surface area (Å²) in [5.74, 6) is 0.468. The number of hydrogen-bond donors (Lipinski definition) is 1. The molecule has 0 saturated carbocycles. The number of ether oxygens (including phenoxy) is 1. The van der Waals surface area contributed by atoms with Gasteiger partial charge in [0.25, 0.3) is 5.69 Å². The van der Waals surface area contributed by atoms with E-state index >= 15 is 0 Å². The van der Waals surface area contributed by atoms with Crippen LogP contribution in [0.5, 0.6) is 0 Å². The lowest BCUT2D eigenvalue weighted by atomic mass is 9.92. The number of nitro benzene ring substituents is 1. The highest BCUT2D eigenvalue weighted by atomic mass is 32.2. The Morgan fingerprint density at radius 1 is 1.12 bits per heavy atom. The van der Waals surface area contributed by atoms with Crippen LogP contribution in [0.4, 0.5) is 10.5 Å². The van der Waals surface area contributed by atoms with Crippen molar-refractivity contribution in [1.82, 2.24) is 19.4 Å². The van der Waals surface area contributed by atoms with Gasteiger partial charge in [-0.15, -0.1) is 0 Å². The fourth-order valence-corrected chi connectivity index (χ4v) is 6.14. The molecule has 3 rings (SSSR count). The van der Waals surface area contributed by atoms with Gasteiger partial charge < -0.3 is 15.0 Å². The number of non-ortho nitro benzene ring substituents is 1. The average molecular weight is 498 g/mol. The number of nitrogens with one attached hydrogen (secondary N) is 1. The molecule has 0 aromatic heterocycles. The Hall–Kier alpha value is -2.28. The number of piperazine rings is 1. The van der Waals surface area contributed by atoms with E-state index in [4.69, 9.17) is 4.74 Å². The predicted octanol–water partition coefficient (Wildman–Crippen LogP) is 1.75. The Bertz CT molecular complexity index is 941. The van der Waals surface area contributed by atoms with Gasteiger partial charge in [0.1, 0.15) is 0 Å². The van der Waals surface area contributed by atoms with Gasteiger partial charge in [-0.05, 0) is 12.0 Å². The lowest BCUT2D eigenvalue weighted by Crippen LogP contribution is -2.56. The molecule has 190 valence electrons. The minimum atomic E-state index is -3.87. The van der Waals surface area contributed by atoms with Crippen molar-refractivity contribution < 1.29 is 22.9 Å². The minimum Gasteiger partial charge on any atom is -0.379 e. The summed E-state index contributed by atoms with van der Waals surface area (Å²) >= 11 is 0. The highest BCUT2D eigenvalue weighted by Crippen LogP contribution is 2.23. The number of urea groups is 1. The van der Waals surface area contributed by atoms with E-state index in [1.807, 2.05) is 0 Å². The normalized spacial score (nSPS) is 19.2. The monoisotopic (exact) mass is 497 g/mol. The van der Waals surface area contributed by atoms with Crippen molar-refractivity contribution in [2.45, 2.75) is 37.6 Å². The van der Waals surface area contributed by atoms with Crippen molar-refractivity contribution >= 4 is 21.7 Å². The first-order valence-electron chi connectivity index (χ1n) is 11.9. The van der Waals surface area contributed by atoms with Gasteiger partial charge in [0.05, 0.1) is 23.0 Å². The molecule has 1 aromatic rings. The van der Waals surface area contributed by atoms with Gasteiger partial charge in [0, 0.05) is 64.0 Å². The first-order chi connectivity index (χ1) is 16.3. The van der Waals surface area contributed by atoms with Crippen molar-refractivity contribution in [3.05, 3.63) is 34.4 Å². The molecule has 0 aliphatic carbocycles. The minimum absolute atomic E-state index is 0.113. The van der Waals surface area contributed by atoms with E-state index in [1.54, 1.807) is 4.90 Å². The standard InChI is InChI=1S/C22H35N5O6S/c1-3-18(4-2)21(24-12-14-33-15-13-24)17-23-22(28)25-8-10-26(11-9-25)34(31,32)20-7-5-6-19(16-20)27(29)30/h5-7,16,18,21H,3-4,8-15,17H2,1-2H3,(H,23,28). The third-order valence-electron chi connectivity index (χ3n) is 6.76. The third-order valence-corrected chi connectivity index (χ3v) is 8.66. The summed E-state index contributed by atoms with van der Waals surface area (Å²) in [6.07, 6.45) is 2.06. The molecule has 11 nitrogen and oxygen atoms in total. The van der Waals surface area contributed by atoms with Crippen LogP contribution in [0.15, 0.2) is 29.2 Å². The molecule has 2 aliphatic heterocycles. The summed E-state index contributed by atoms with van der Waals surface area (Å²) in [5.41, 5.74) is -0.272. The van der Waals surface area contributed by atoms with Crippen LogP contribution in [0.3, 0.4) is 0 Å². The van der Waals surface area contributed by atoms with E-state index in [0.29, 0.717) is 25.7 Å². The molecule has 2 fully saturated rings. The van der Waals surface area contributed by atoms with E-state index in [2.05, 4.69) is 24.1 Å². The molecule has 2 saturated heterocycles. The lowest BCUT2D eigenvalue weighted by Gasteiger charge is -2.39. The molecule has 0 spiro atoms. The maximum Gasteiger partial charge on any atom is 0.317 e. The number of sulfonamides is 1. The van der Waals surface area contributed by atoms with Gasteiger partial charge in [-0.25, -0.2) is 13.2 Å². The fourth-order valence-electron chi connectivity index (χ4n) is 4.68. The maximum atomic E-state index is 12.9. The van der Waals surface area contributed by atoms with Gasteiger partial charge in [-0.3, -0.25) is 15.0 Å². The van der Waals surface area contributed by atoms with Crippen LogP contribution in [-0.2, 0) is 14.8 Å². The zero-order valence-electron chi connectivity index (χ0n) is 19.9. The van der Waals surface area contributed by atoms with E-state index in [1.165, 1.54) is 22.5 Å².